The molecule has 10 heteroatoms. The number of hydrogen-bond acceptors (Lipinski definition) is 5. The number of nitrogens with one attached hydrogen (secondary N) is 1. The molecule has 0 aliphatic carbocycles. The van der Waals surface area contributed by atoms with E-state index in [0.29, 0.717) is 8.81 Å². The monoisotopic (exact) mass is 381 g/mol. The van der Waals surface area contributed by atoms with Gasteiger partial charge in [-0.15, -0.1) is 11.3 Å². The molecule has 0 unspecified atom stereocenters. The summed E-state index contributed by atoms with van der Waals surface area (Å²) in [6.07, 6.45) is 1.04. The molecule has 0 amide bonds. The van der Waals surface area contributed by atoms with Gasteiger partial charge in [-0.1, -0.05) is 11.6 Å². The van der Waals surface area contributed by atoms with E-state index >= 15 is 0 Å². The lowest BCUT2D eigenvalue weighted by Gasteiger charge is -2.03. The fraction of sp³-hybridized carbons (Fsp3) is 0.429. The summed E-state index contributed by atoms with van der Waals surface area (Å²) in [5.41, 5.74) is 0. The Balaban J connectivity index is 2.76. The minimum absolute atomic E-state index is 0.0443. The second-order valence-corrected chi connectivity index (χ2v) is 10.2. The van der Waals surface area contributed by atoms with Crippen LogP contribution >= 0.6 is 38.9 Å². The lowest BCUT2D eigenvalue weighted by molar-refractivity contribution is 0.584. The Labute approximate surface area is 117 Å². The zero-order valence-corrected chi connectivity index (χ0v) is 13.4. The van der Waals surface area contributed by atoms with E-state index in [1.54, 1.807) is 0 Å². The van der Waals surface area contributed by atoms with Crippen LogP contribution in [0.25, 0.3) is 0 Å². The zero-order valence-electron chi connectivity index (χ0n) is 8.61. The van der Waals surface area contributed by atoms with Crippen molar-refractivity contribution in [2.24, 2.45) is 0 Å². The summed E-state index contributed by atoms with van der Waals surface area (Å²) in [5.74, 6) is -0.244. The van der Waals surface area contributed by atoms with Crippen LogP contribution in [0.4, 0.5) is 0 Å². The van der Waals surface area contributed by atoms with Crippen molar-refractivity contribution in [3.05, 3.63) is 14.9 Å². The number of halogens is 2. The maximum Gasteiger partial charge on any atom is 0.250 e. The van der Waals surface area contributed by atoms with Crippen LogP contribution in [0, 0.1) is 0 Å². The van der Waals surface area contributed by atoms with E-state index in [1.807, 2.05) is 0 Å². The van der Waals surface area contributed by atoms with Gasteiger partial charge in [0, 0.05) is 12.8 Å². The Kier molecular flexibility index (Phi) is 5.01. The van der Waals surface area contributed by atoms with Gasteiger partial charge in [0.2, 0.25) is 10.0 Å². The molecule has 1 rings (SSSR count). The van der Waals surface area contributed by atoms with Crippen LogP contribution in [-0.4, -0.2) is 35.4 Å². The molecule has 17 heavy (non-hydrogen) atoms. The van der Waals surface area contributed by atoms with Crippen molar-refractivity contribution in [3.8, 4) is 0 Å². The standard InChI is InChI=1S/C7H9BrClNO4S3/c1-16(11,12)3-2-10-17(13,14)6-4-5(9)7(8)15-6/h4,10H,2-3H2,1H3. The third-order valence-corrected chi connectivity index (χ3v) is 7.01. The molecule has 0 fully saturated rings. The van der Waals surface area contributed by atoms with Gasteiger partial charge in [-0.3, -0.25) is 0 Å². The maximum absolute atomic E-state index is 11.7. The summed E-state index contributed by atoms with van der Waals surface area (Å²) in [4.78, 5) is 0. The summed E-state index contributed by atoms with van der Waals surface area (Å²) in [5, 5.41) is 0.304. The average Bonchev–Trinajstić information content (AvgIpc) is 2.45. The van der Waals surface area contributed by atoms with Crippen LogP contribution in [0.15, 0.2) is 14.1 Å². The molecule has 98 valence electrons. The van der Waals surface area contributed by atoms with E-state index in [1.165, 1.54) is 6.07 Å². The zero-order chi connectivity index (χ0) is 13.3. The molecule has 0 aliphatic rings. The van der Waals surface area contributed by atoms with E-state index < -0.39 is 19.9 Å². The Morgan fingerprint density at radius 2 is 2.00 bits per heavy atom. The van der Waals surface area contributed by atoms with Crippen molar-refractivity contribution >= 4 is 58.7 Å². The highest BCUT2D eigenvalue weighted by Gasteiger charge is 2.19. The molecule has 0 saturated heterocycles. The van der Waals surface area contributed by atoms with E-state index in [9.17, 15) is 16.8 Å². The fourth-order valence-electron chi connectivity index (χ4n) is 0.892. The van der Waals surface area contributed by atoms with Crippen LogP contribution in [-0.2, 0) is 19.9 Å². The molecule has 0 bridgehead atoms. The summed E-state index contributed by atoms with van der Waals surface area (Å²) < 4.78 is 47.9. The maximum atomic E-state index is 11.7. The lowest BCUT2D eigenvalue weighted by atomic mass is 10.7. The topological polar surface area (TPSA) is 80.3 Å². The predicted molar refractivity (Wildman–Crippen MR) is 71.9 cm³/mol. The quantitative estimate of drug-likeness (QED) is 0.836. The highest BCUT2D eigenvalue weighted by Crippen LogP contribution is 2.34. The molecule has 0 aromatic carbocycles. The average molecular weight is 383 g/mol. The van der Waals surface area contributed by atoms with Gasteiger partial charge in [0.25, 0.3) is 0 Å². The molecular weight excluding hydrogens is 374 g/mol. The summed E-state index contributed by atoms with van der Waals surface area (Å²) in [6, 6.07) is 1.30. The van der Waals surface area contributed by atoms with Gasteiger partial charge in [-0.05, 0) is 22.0 Å². The first-order valence-corrected chi connectivity index (χ1v) is 9.77. The minimum Gasteiger partial charge on any atom is -0.229 e. The molecule has 0 radical (unpaired) electrons. The first-order valence-electron chi connectivity index (χ1n) is 4.24. The van der Waals surface area contributed by atoms with Crippen molar-refractivity contribution in [2.75, 3.05) is 18.6 Å². The van der Waals surface area contributed by atoms with Gasteiger partial charge in [-0.2, -0.15) is 0 Å². The smallest absolute Gasteiger partial charge is 0.229 e. The summed E-state index contributed by atoms with van der Waals surface area (Å²) in [6.45, 7) is -0.158. The first kappa shape index (κ1) is 15.4. The molecule has 0 atom stereocenters. The van der Waals surface area contributed by atoms with E-state index in [0.717, 1.165) is 17.6 Å². The van der Waals surface area contributed by atoms with Gasteiger partial charge < -0.3 is 0 Å². The van der Waals surface area contributed by atoms with Crippen molar-refractivity contribution in [1.82, 2.24) is 4.72 Å². The molecular formula is C7H9BrClNO4S3. The molecule has 1 aromatic rings. The molecule has 1 N–H and O–H groups in total. The second kappa shape index (κ2) is 5.54. The number of rotatable bonds is 5. The third-order valence-electron chi connectivity index (χ3n) is 1.65. The fourth-order valence-corrected chi connectivity index (χ4v) is 4.97. The van der Waals surface area contributed by atoms with E-state index in [-0.39, 0.29) is 16.5 Å². The predicted octanol–water partition coefficient (Wildman–Crippen LogP) is 1.49. The van der Waals surface area contributed by atoms with Gasteiger partial charge >= 0.3 is 0 Å². The van der Waals surface area contributed by atoms with Crippen molar-refractivity contribution in [1.29, 1.82) is 0 Å². The molecule has 0 aliphatic heterocycles. The Morgan fingerprint density at radius 1 is 1.41 bits per heavy atom. The number of thiophene rings is 1. The number of hydrogen-bond donors (Lipinski definition) is 1. The molecule has 0 spiro atoms. The minimum atomic E-state index is -3.69. The van der Waals surface area contributed by atoms with Gasteiger partial charge in [-0.25, -0.2) is 21.6 Å². The molecule has 1 aromatic heterocycles. The third kappa shape index (κ3) is 4.84. The number of sulfonamides is 1. The van der Waals surface area contributed by atoms with Crippen LogP contribution in [0.2, 0.25) is 5.02 Å². The Bertz CT molecular complexity index is 588. The summed E-state index contributed by atoms with van der Waals surface area (Å²) in [7, 11) is -6.89. The van der Waals surface area contributed by atoms with E-state index in [4.69, 9.17) is 11.6 Å². The molecule has 1 heterocycles. The van der Waals surface area contributed by atoms with Gasteiger partial charge in [0.15, 0.2) is 0 Å². The van der Waals surface area contributed by atoms with Crippen LogP contribution in [0.5, 0.6) is 0 Å². The Hall–Kier alpha value is 0.330. The molecule has 5 nitrogen and oxygen atoms in total. The van der Waals surface area contributed by atoms with Crippen molar-refractivity contribution < 1.29 is 16.8 Å². The van der Waals surface area contributed by atoms with Crippen LogP contribution < -0.4 is 4.72 Å². The highest BCUT2D eigenvalue weighted by molar-refractivity contribution is 9.11. The van der Waals surface area contributed by atoms with Gasteiger partial charge in [0.1, 0.15) is 14.0 Å². The normalized spacial score (nSPS) is 12.9. The lowest BCUT2D eigenvalue weighted by Crippen LogP contribution is -2.28. The summed E-state index contributed by atoms with van der Waals surface area (Å²) >= 11 is 9.79. The van der Waals surface area contributed by atoms with Crippen LogP contribution in [0.1, 0.15) is 0 Å². The molecule has 0 saturated carbocycles. The van der Waals surface area contributed by atoms with Crippen molar-refractivity contribution in [3.63, 3.8) is 0 Å². The van der Waals surface area contributed by atoms with Crippen molar-refractivity contribution in [2.45, 2.75) is 4.21 Å². The second-order valence-electron chi connectivity index (χ2n) is 3.21. The van der Waals surface area contributed by atoms with Crippen LogP contribution in [0.3, 0.4) is 0 Å². The largest absolute Gasteiger partial charge is 0.250 e. The highest BCUT2D eigenvalue weighted by atomic mass is 79.9. The SMILES string of the molecule is CS(=O)(=O)CCNS(=O)(=O)c1cc(Cl)c(Br)s1. The first-order chi connectivity index (χ1) is 7.62. The number of sulfone groups is 1. The Morgan fingerprint density at radius 3 is 2.41 bits per heavy atom. The van der Waals surface area contributed by atoms with Gasteiger partial charge in [0.05, 0.1) is 14.6 Å². The van der Waals surface area contributed by atoms with E-state index in [2.05, 4.69) is 20.7 Å².